The Bertz CT molecular complexity index is 246. The van der Waals surface area contributed by atoms with E-state index in [1.54, 1.807) is 11.9 Å². The van der Waals surface area contributed by atoms with Gasteiger partial charge in [-0.15, -0.1) is 6.58 Å². The molecule has 0 heterocycles. The van der Waals surface area contributed by atoms with E-state index in [1.165, 1.54) is 0 Å². The number of unbranched alkanes of at least 4 members (excludes halogenated alkanes) is 1. The van der Waals surface area contributed by atoms with Crippen LogP contribution in [0.25, 0.3) is 0 Å². The number of nitrogens with zero attached hydrogens (tertiary/aromatic N) is 2. The Morgan fingerprint density at radius 2 is 2.31 bits per heavy atom. The van der Waals surface area contributed by atoms with Crippen LogP contribution in [0, 0.1) is 11.3 Å². The molecule has 0 saturated heterocycles. The number of rotatable bonds is 9. The molecule has 16 heavy (non-hydrogen) atoms. The van der Waals surface area contributed by atoms with Gasteiger partial charge in [-0.25, -0.2) is 0 Å². The summed E-state index contributed by atoms with van der Waals surface area (Å²) >= 11 is 0. The summed E-state index contributed by atoms with van der Waals surface area (Å²) in [6, 6.07) is 2.01. The lowest BCUT2D eigenvalue weighted by Crippen LogP contribution is -2.28. The zero-order valence-corrected chi connectivity index (χ0v) is 9.95. The summed E-state index contributed by atoms with van der Waals surface area (Å²) < 4.78 is 5.30. The normalized spacial score (nSPS) is 9.50. The summed E-state index contributed by atoms with van der Waals surface area (Å²) in [7, 11) is 1.71. The molecule has 0 saturated carbocycles. The number of allylic oxidation sites excluding steroid dienone is 1. The lowest BCUT2D eigenvalue weighted by Gasteiger charge is -2.15. The maximum Gasteiger partial charge on any atom is 0.224 e. The summed E-state index contributed by atoms with van der Waals surface area (Å²) in [5, 5.41) is 8.37. The van der Waals surface area contributed by atoms with Gasteiger partial charge in [0, 0.05) is 20.2 Å². The minimum Gasteiger partial charge on any atom is -0.381 e. The van der Waals surface area contributed by atoms with Crippen LogP contribution in [0.3, 0.4) is 0 Å². The van der Waals surface area contributed by atoms with Crippen LogP contribution >= 0.6 is 0 Å². The average molecular weight is 224 g/mol. The maximum atomic E-state index is 11.5. The summed E-state index contributed by atoms with van der Waals surface area (Å²) in [4.78, 5) is 13.0. The Morgan fingerprint density at radius 3 is 2.94 bits per heavy atom. The summed E-state index contributed by atoms with van der Waals surface area (Å²) in [5.41, 5.74) is 0. The van der Waals surface area contributed by atoms with Gasteiger partial charge in [-0.05, 0) is 12.8 Å². The SMILES string of the molecule is C=CCCCOCCC(=O)N(C)CCC#N. The van der Waals surface area contributed by atoms with Crippen molar-refractivity contribution in [1.29, 1.82) is 5.26 Å². The van der Waals surface area contributed by atoms with Crippen LogP contribution in [0.4, 0.5) is 0 Å². The lowest BCUT2D eigenvalue weighted by molar-refractivity contribution is -0.130. The Hall–Kier alpha value is -1.34. The topological polar surface area (TPSA) is 53.3 Å². The molecule has 1 amide bonds. The average Bonchev–Trinajstić information content (AvgIpc) is 2.30. The fraction of sp³-hybridized carbons (Fsp3) is 0.667. The van der Waals surface area contributed by atoms with Crippen LogP contribution < -0.4 is 0 Å². The van der Waals surface area contributed by atoms with Gasteiger partial charge in [0.15, 0.2) is 0 Å². The van der Waals surface area contributed by atoms with E-state index in [4.69, 9.17) is 10.00 Å². The molecule has 90 valence electrons. The molecule has 0 rings (SSSR count). The number of hydrogen-bond donors (Lipinski definition) is 0. The first-order valence-electron chi connectivity index (χ1n) is 5.52. The van der Waals surface area contributed by atoms with Crippen molar-refractivity contribution in [3.63, 3.8) is 0 Å². The van der Waals surface area contributed by atoms with E-state index in [9.17, 15) is 4.79 Å². The smallest absolute Gasteiger partial charge is 0.224 e. The third-order valence-corrected chi connectivity index (χ3v) is 2.14. The molecule has 4 nitrogen and oxygen atoms in total. The molecule has 0 bridgehead atoms. The molecular weight excluding hydrogens is 204 g/mol. The molecule has 0 aromatic rings. The molecule has 0 aromatic carbocycles. The second-order valence-electron chi connectivity index (χ2n) is 3.52. The van der Waals surface area contributed by atoms with Crippen molar-refractivity contribution in [2.45, 2.75) is 25.7 Å². The van der Waals surface area contributed by atoms with Crippen LogP contribution in [0.2, 0.25) is 0 Å². The predicted octanol–water partition coefficient (Wildman–Crippen LogP) is 1.73. The van der Waals surface area contributed by atoms with E-state index < -0.39 is 0 Å². The second-order valence-corrected chi connectivity index (χ2v) is 3.52. The van der Waals surface area contributed by atoms with Crippen LogP contribution in [-0.2, 0) is 9.53 Å². The Kier molecular flexibility index (Phi) is 9.33. The number of nitriles is 1. The molecule has 0 fully saturated rings. The zero-order chi connectivity index (χ0) is 12.2. The maximum absolute atomic E-state index is 11.5. The molecule has 0 aliphatic carbocycles. The molecule has 0 unspecified atom stereocenters. The lowest BCUT2D eigenvalue weighted by atomic mass is 10.3. The molecule has 0 aromatic heterocycles. The van der Waals surface area contributed by atoms with E-state index in [0.717, 1.165) is 12.8 Å². The minimum atomic E-state index is 0.0268. The number of ether oxygens (including phenoxy) is 1. The van der Waals surface area contributed by atoms with Gasteiger partial charge >= 0.3 is 0 Å². The highest BCUT2D eigenvalue weighted by atomic mass is 16.5. The third kappa shape index (κ3) is 8.01. The number of carbonyl (C=O) groups is 1. The van der Waals surface area contributed by atoms with Gasteiger partial charge in [0.05, 0.1) is 25.5 Å². The molecular formula is C12H20N2O2. The first kappa shape index (κ1) is 14.7. The van der Waals surface area contributed by atoms with Gasteiger partial charge in [0.1, 0.15) is 0 Å². The van der Waals surface area contributed by atoms with Gasteiger partial charge in [0.2, 0.25) is 5.91 Å². The van der Waals surface area contributed by atoms with Crippen molar-refractivity contribution in [2.75, 3.05) is 26.8 Å². The van der Waals surface area contributed by atoms with Gasteiger partial charge in [-0.2, -0.15) is 5.26 Å². The molecule has 0 N–H and O–H groups in total. The Balaban J connectivity index is 3.42. The van der Waals surface area contributed by atoms with Gasteiger partial charge in [-0.3, -0.25) is 4.79 Å². The highest BCUT2D eigenvalue weighted by Crippen LogP contribution is 1.95. The molecule has 0 spiro atoms. The zero-order valence-electron chi connectivity index (χ0n) is 9.95. The van der Waals surface area contributed by atoms with Gasteiger partial charge in [0.25, 0.3) is 0 Å². The van der Waals surface area contributed by atoms with Crippen LogP contribution in [0.5, 0.6) is 0 Å². The minimum absolute atomic E-state index is 0.0268. The second kappa shape index (κ2) is 10.2. The van der Waals surface area contributed by atoms with E-state index in [-0.39, 0.29) is 5.91 Å². The summed E-state index contributed by atoms with van der Waals surface area (Å²) in [5.74, 6) is 0.0268. The first-order valence-corrected chi connectivity index (χ1v) is 5.52. The predicted molar refractivity (Wildman–Crippen MR) is 62.7 cm³/mol. The van der Waals surface area contributed by atoms with Crippen molar-refractivity contribution in [2.24, 2.45) is 0 Å². The van der Waals surface area contributed by atoms with Gasteiger partial charge in [-0.1, -0.05) is 6.08 Å². The van der Waals surface area contributed by atoms with Crippen LogP contribution in [-0.4, -0.2) is 37.6 Å². The molecule has 0 aliphatic heterocycles. The molecule has 0 radical (unpaired) electrons. The van der Waals surface area contributed by atoms with Crippen molar-refractivity contribution in [3.8, 4) is 6.07 Å². The molecule has 0 aliphatic rings. The van der Waals surface area contributed by atoms with Crippen molar-refractivity contribution in [1.82, 2.24) is 4.90 Å². The summed E-state index contributed by atoms with van der Waals surface area (Å²) in [6.45, 7) is 5.23. The first-order chi connectivity index (χ1) is 7.72. The van der Waals surface area contributed by atoms with Crippen molar-refractivity contribution < 1.29 is 9.53 Å². The van der Waals surface area contributed by atoms with Crippen molar-refractivity contribution >= 4 is 5.91 Å². The summed E-state index contributed by atoms with van der Waals surface area (Å²) in [6.07, 6.45) is 4.50. The van der Waals surface area contributed by atoms with E-state index in [0.29, 0.717) is 32.6 Å². The third-order valence-electron chi connectivity index (χ3n) is 2.14. The van der Waals surface area contributed by atoms with E-state index in [2.05, 4.69) is 6.58 Å². The highest BCUT2D eigenvalue weighted by molar-refractivity contribution is 5.75. The number of carbonyl (C=O) groups excluding carboxylic acids is 1. The number of hydrogen-bond acceptors (Lipinski definition) is 3. The fourth-order valence-corrected chi connectivity index (χ4v) is 1.12. The monoisotopic (exact) mass is 224 g/mol. The highest BCUT2D eigenvalue weighted by Gasteiger charge is 2.07. The number of amides is 1. The van der Waals surface area contributed by atoms with E-state index in [1.807, 2.05) is 12.1 Å². The quantitative estimate of drug-likeness (QED) is 0.442. The fourth-order valence-electron chi connectivity index (χ4n) is 1.12. The van der Waals surface area contributed by atoms with Crippen LogP contribution in [0.15, 0.2) is 12.7 Å². The van der Waals surface area contributed by atoms with Gasteiger partial charge < -0.3 is 9.64 Å². The molecule has 4 heteroatoms. The standard InChI is InChI=1S/C12H20N2O2/c1-3-4-5-10-16-11-7-12(15)14(2)9-6-8-13/h3H,1,4-7,9-11H2,2H3. The van der Waals surface area contributed by atoms with Crippen LogP contribution in [0.1, 0.15) is 25.7 Å². The Morgan fingerprint density at radius 1 is 1.56 bits per heavy atom. The largest absolute Gasteiger partial charge is 0.381 e. The van der Waals surface area contributed by atoms with Crippen molar-refractivity contribution in [3.05, 3.63) is 12.7 Å². The van der Waals surface area contributed by atoms with E-state index >= 15 is 0 Å². The molecule has 0 atom stereocenters. The Labute approximate surface area is 97.5 Å².